The second-order valence-electron chi connectivity index (χ2n) is 13.4. The summed E-state index contributed by atoms with van der Waals surface area (Å²) in [5.74, 6) is 1.29. The van der Waals surface area contributed by atoms with Crippen molar-refractivity contribution in [3.8, 4) is 28.4 Å². The van der Waals surface area contributed by atoms with E-state index in [1.165, 1.54) is 6.92 Å². The average Bonchev–Trinajstić information content (AvgIpc) is 3.30. The Morgan fingerprint density at radius 2 is 1.71 bits per heavy atom. The number of rotatable bonds is 8. The minimum absolute atomic E-state index is 0.000546. The van der Waals surface area contributed by atoms with E-state index in [0.29, 0.717) is 55.3 Å². The van der Waals surface area contributed by atoms with Gasteiger partial charge in [0.1, 0.15) is 6.04 Å². The lowest BCUT2D eigenvalue weighted by Crippen LogP contribution is -2.54. The van der Waals surface area contributed by atoms with Crippen LogP contribution in [0, 0.1) is 11.8 Å². The molecule has 2 N–H and O–H groups in total. The number of ether oxygens (including phenoxy) is 3. The maximum Gasteiger partial charge on any atom is 0.250 e. The Balaban J connectivity index is 1.39. The summed E-state index contributed by atoms with van der Waals surface area (Å²) in [6, 6.07) is 11.3. The highest BCUT2D eigenvalue weighted by molar-refractivity contribution is 5.86. The number of hydrogen-bond acceptors (Lipinski definition) is 8. The fourth-order valence-corrected chi connectivity index (χ4v) is 7.78. The molecule has 0 radical (unpaired) electrons. The largest absolute Gasteiger partial charge is 0.493 e. The van der Waals surface area contributed by atoms with Gasteiger partial charge in [0.15, 0.2) is 11.5 Å². The fraction of sp³-hybridized carbons (Fsp3) is 0.459. The molecule has 2 amide bonds. The lowest BCUT2D eigenvalue weighted by Gasteiger charge is -2.44. The van der Waals surface area contributed by atoms with Crippen molar-refractivity contribution in [1.29, 1.82) is 0 Å². The molecule has 3 heterocycles. The van der Waals surface area contributed by atoms with Gasteiger partial charge in [-0.1, -0.05) is 26.0 Å². The second kappa shape index (κ2) is 13.4. The van der Waals surface area contributed by atoms with Crippen LogP contribution >= 0.6 is 0 Å². The average molecular weight is 657 g/mol. The number of nitrogens with one attached hydrogen (secondary N) is 2. The Hall–Kier alpha value is -4.80. The molecular weight excluding hydrogens is 612 g/mol. The van der Waals surface area contributed by atoms with Crippen LogP contribution in [0.25, 0.3) is 11.1 Å². The van der Waals surface area contributed by atoms with Gasteiger partial charge in [-0.05, 0) is 72.1 Å². The van der Waals surface area contributed by atoms with Gasteiger partial charge in [-0.15, -0.1) is 0 Å². The number of hydrogen-bond donors (Lipinski definition) is 2. The van der Waals surface area contributed by atoms with Crippen molar-refractivity contribution >= 4 is 17.5 Å². The maximum atomic E-state index is 14.2. The maximum absolute atomic E-state index is 14.2. The van der Waals surface area contributed by atoms with Gasteiger partial charge >= 0.3 is 0 Å². The van der Waals surface area contributed by atoms with E-state index in [1.54, 1.807) is 45.6 Å². The highest BCUT2D eigenvalue weighted by atomic mass is 16.5. The molecular formula is C37H44N4O7. The zero-order valence-electron chi connectivity index (χ0n) is 28.4. The minimum Gasteiger partial charge on any atom is -0.493 e. The number of fused-ring (bicyclic) bond motifs is 7. The number of pyridine rings is 1. The molecule has 11 nitrogen and oxygen atoms in total. The summed E-state index contributed by atoms with van der Waals surface area (Å²) in [6.45, 7) is 7.06. The second-order valence-corrected chi connectivity index (χ2v) is 13.4. The first-order valence-electron chi connectivity index (χ1n) is 16.6. The standard InChI is InChI=1S/C37H44N4O7/c1-20(2)34(37(45)40-17-22-14-24(19-40)29-8-7-9-32(44)41(29)18-22)39-28-13-11-25-26(16-30(28)43)27(38-21(3)42)12-10-23-15-31(46-4)35(47-5)36(48-6)33(23)25/h7-9,11,13,15-16,20,22,24,27,34H,10,12,14,17-19H2,1-6H3,(H,38,42)(H,39,43)/t22-,24+,27+,34+/m0/s1. The Kier molecular flexibility index (Phi) is 9.22. The molecule has 1 aromatic heterocycles. The fourth-order valence-electron chi connectivity index (χ4n) is 7.78. The van der Waals surface area contributed by atoms with Crippen LogP contribution < -0.4 is 35.8 Å². The number of aromatic nitrogens is 1. The molecule has 1 fully saturated rings. The van der Waals surface area contributed by atoms with Crippen molar-refractivity contribution in [2.45, 2.75) is 64.6 Å². The van der Waals surface area contributed by atoms with Crippen LogP contribution in [0.3, 0.4) is 0 Å². The third-order valence-electron chi connectivity index (χ3n) is 9.95. The molecule has 0 spiro atoms. The van der Waals surface area contributed by atoms with Crippen LogP contribution in [0.1, 0.15) is 62.4 Å². The summed E-state index contributed by atoms with van der Waals surface area (Å²) >= 11 is 0. The van der Waals surface area contributed by atoms with E-state index in [4.69, 9.17) is 14.2 Å². The van der Waals surface area contributed by atoms with Crippen LogP contribution in [0.5, 0.6) is 17.2 Å². The minimum atomic E-state index is -0.658. The topological polar surface area (TPSA) is 128 Å². The highest BCUT2D eigenvalue weighted by Gasteiger charge is 2.39. The summed E-state index contributed by atoms with van der Waals surface area (Å²) in [7, 11) is 4.68. The summed E-state index contributed by atoms with van der Waals surface area (Å²) in [6.07, 6.45) is 2.08. The van der Waals surface area contributed by atoms with Crippen molar-refractivity contribution in [3.05, 3.63) is 79.9 Å². The van der Waals surface area contributed by atoms with Crippen LogP contribution in [0.15, 0.2) is 52.1 Å². The lowest BCUT2D eigenvalue weighted by molar-refractivity contribution is -0.135. The van der Waals surface area contributed by atoms with E-state index in [1.807, 2.05) is 41.5 Å². The number of piperidine rings is 1. The van der Waals surface area contributed by atoms with E-state index in [-0.39, 0.29) is 46.2 Å². The molecule has 3 aliphatic rings. The predicted octanol–water partition coefficient (Wildman–Crippen LogP) is 4.11. The number of amides is 2. The number of nitrogens with zero attached hydrogens (tertiary/aromatic N) is 2. The van der Waals surface area contributed by atoms with Crippen molar-refractivity contribution in [2.75, 3.05) is 39.7 Å². The molecule has 1 aliphatic carbocycles. The summed E-state index contributed by atoms with van der Waals surface area (Å²) in [5.41, 5.74) is 4.02. The molecule has 11 heteroatoms. The van der Waals surface area contributed by atoms with Gasteiger partial charge in [0, 0.05) is 49.8 Å². The molecule has 4 atom stereocenters. The smallest absolute Gasteiger partial charge is 0.250 e. The van der Waals surface area contributed by atoms with E-state index < -0.39 is 12.1 Å². The zero-order chi connectivity index (χ0) is 34.3. The van der Waals surface area contributed by atoms with Gasteiger partial charge in [0.25, 0.3) is 5.56 Å². The summed E-state index contributed by atoms with van der Waals surface area (Å²) < 4.78 is 19.1. The summed E-state index contributed by atoms with van der Waals surface area (Å²) in [4.78, 5) is 55.0. The quantitative estimate of drug-likeness (QED) is 0.371. The highest BCUT2D eigenvalue weighted by Crippen LogP contribution is 2.50. The Bertz CT molecular complexity index is 1870. The normalized spacial score (nSPS) is 20.0. The molecule has 1 saturated heterocycles. The van der Waals surface area contributed by atoms with Gasteiger partial charge < -0.3 is 34.3 Å². The number of aryl methyl sites for hydroxylation is 1. The Labute approximate surface area is 280 Å². The summed E-state index contributed by atoms with van der Waals surface area (Å²) in [5, 5.41) is 6.36. The Morgan fingerprint density at radius 3 is 2.40 bits per heavy atom. The van der Waals surface area contributed by atoms with Crippen LogP contribution in [-0.2, 0) is 22.6 Å². The first-order chi connectivity index (χ1) is 23.0. The number of likely N-dealkylation sites (tertiary alicyclic amines) is 1. The van der Waals surface area contributed by atoms with Crippen LogP contribution in [0.4, 0.5) is 5.69 Å². The molecule has 2 aromatic carbocycles. The monoisotopic (exact) mass is 656 g/mol. The van der Waals surface area contributed by atoms with Gasteiger partial charge in [-0.25, -0.2) is 0 Å². The third kappa shape index (κ3) is 6.02. The molecule has 0 unspecified atom stereocenters. The number of benzene rings is 1. The van der Waals surface area contributed by atoms with Gasteiger partial charge in [0.05, 0.1) is 33.1 Å². The molecule has 2 aliphatic heterocycles. The van der Waals surface area contributed by atoms with Crippen molar-refractivity contribution in [3.63, 3.8) is 0 Å². The predicted molar refractivity (Wildman–Crippen MR) is 183 cm³/mol. The third-order valence-corrected chi connectivity index (χ3v) is 9.95. The van der Waals surface area contributed by atoms with Crippen LogP contribution in [0.2, 0.25) is 0 Å². The van der Waals surface area contributed by atoms with Crippen LogP contribution in [-0.4, -0.2) is 61.7 Å². The number of carbonyl (C=O) groups excluding carboxylic acids is 2. The van der Waals surface area contributed by atoms with E-state index in [0.717, 1.165) is 28.8 Å². The number of methoxy groups -OCH3 is 3. The zero-order valence-corrected chi connectivity index (χ0v) is 28.4. The Morgan fingerprint density at radius 1 is 0.938 bits per heavy atom. The van der Waals surface area contributed by atoms with Gasteiger partial charge in [-0.3, -0.25) is 19.2 Å². The molecule has 0 saturated carbocycles. The number of anilines is 1. The molecule has 3 aromatic rings. The SMILES string of the molecule is COc1cc2c(c(OC)c1OC)-c1ccc(N[C@@H](C(=O)N3C[C@@H]4C[C@H](C3)c3cccc(=O)n3C4)C(C)C)c(=O)cc1[C@H](NC(C)=O)CC2. The molecule has 2 bridgehead atoms. The van der Waals surface area contributed by atoms with Crippen molar-refractivity contribution in [1.82, 2.24) is 14.8 Å². The molecule has 254 valence electrons. The number of carbonyl (C=O) groups is 2. The first-order valence-corrected chi connectivity index (χ1v) is 16.6. The van der Waals surface area contributed by atoms with E-state index >= 15 is 0 Å². The van der Waals surface area contributed by atoms with E-state index in [9.17, 15) is 19.2 Å². The van der Waals surface area contributed by atoms with Gasteiger partial charge in [0.2, 0.25) is 23.0 Å². The lowest BCUT2D eigenvalue weighted by atomic mass is 9.82. The van der Waals surface area contributed by atoms with Crippen molar-refractivity contribution < 1.29 is 23.8 Å². The molecule has 6 rings (SSSR count). The first kappa shape index (κ1) is 33.1. The van der Waals surface area contributed by atoms with Gasteiger partial charge in [-0.2, -0.15) is 0 Å². The van der Waals surface area contributed by atoms with E-state index in [2.05, 4.69) is 10.6 Å². The van der Waals surface area contributed by atoms with Crippen molar-refractivity contribution in [2.24, 2.45) is 11.8 Å². The molecule has 48 heavy (non-hydrogen) atoms.